The largest absolute Gasteiger partial charge is 0.337 e. The Bertz CT molecular complexity index is 857. The molecular formula is C28H37N3O. The van der Waals surface area contributed by atoms with Crippen LogP contribution in [0.25, 0.3) is 0 Å². The molecule has 170 valence electrons. The number of fused-ring (bicyclic) bond motifs is 4. The molecule has 3 heterocycles. The van der Waals surface area contributed by atoms with Crippen molar-refractivity contribution in [3.63, 3.8) is 0 Å². The van der Waals surface area contributed by atoms with Crippen LogP contribution in [0.5, 0.6) is 0 Å². The second-order valence-corrected chi connectivity index (χ2v) is 10.4. The Morgan fingerprint density at radius 3 is 1.91 bits per heavy atom. The molecule has 2 bridgehead atoms. The molecule has 4 nitrogen and oxygen atoms in total. The van der Waals surface area contributed by atoms with Gasteiger partial charge in [-0.3, -0.25) is 9.69 Å². The van der Waals surface area contributed by atoms with E-state index in [1.165, 1.54) is 24.0 Å². The van der Waals surface area contributed by atoms with Gasteiger partial charge in [-0.1, -0.05) is 60.7 Å². The van der Waals surface area contributed by atoms with Gasteiger partial charge in [0.25, 0.3) is 0 Å². The summed E-state index contributed by atoms with van der Waals surface area (Å²) in [5.74, 6) is 1.03. The van der Waals surface area contributed by atoms with E-state index < -0.39 is 0 Å². The van der Waals surface area contributed by atoms with Crippen molar-refractivity contribution in [2.45, 2.75) is 55.5 Å². The van der Waals surface area contributed by atoms with Gasteiger partial charge in [0, 0.05) is 30.0 Å². The summed E-state index contributed by atoms with van der Waals surface area (Å²) in [5.41, 5.74) is 2.87. The zero-order valence-electron chi connectivity index (χ0n) is 19.6. The molecule has 0 N–H and O–H groups in total. The Hall–Kier alpha value is -2.17. The van der Waals surface area contributed by atoms with E-state index in [0.717, 1.165) is 38.9 Å². The van der Waals surface area contributed by atoms with Crippen molar-refractivity contribution >= 4 is 5.91 Å². The number of carbonyl (C=O) groups is 1. The first kappa shape index (κ1) is 21.7. The monoisotopic (exact) mass is 431 g/mol. The molecule has 1 saturated carbocycles. The molecule has 2 aromatic carbocycles. The Balaban J connectivity index is 1.58. The minimum Gasteiger partial charge on any atom is -0.337 e. The standard InChI is InChI=1S/C28H37N3O/c1-29(2)28-15-18-31(26(32)21-30-16-9-10-17-30)27(24(19-28)22-11-5-3-6-12-22)25(20-28)23-13-7-4-8-14-23/h3-8,11-14,24-25,27H,9-10,15-21H2,1-2H3/t24-,25-,27?,28?/m0/s1. The van der Waals surface area contributed by atoms with Gasteiger partial charge in [-0.25, -0.2) is 0 Å². The quantitative estimate of drug-likeness (QED) is 0.704. The van der Waals surface area contributed by atoms with Gasteiger partial charge >= 0.3 is 0 Å². The van der Waals surface area contributed by atoms with Gasteiger partial charge in [0.2, 0.25) is 5.91 Å². The Morgan fingerprint density at radius 2 is 1.41 bits per heavy atom. The molecule has 1 aliphatic carbocycles. The van der Waals surface area contributed by atoms with Gasteiger partial charge in [-0.05, 0) is 70.4 Å². The van der Waals surface area contributed by atoms with Crippen LogP contribution in [0.15, 0.2) is 60.7 Å². The van der Waals surface area contributed by atoms with Crippen molar-refractivity contribution in [2.75, 3.05) is 40.3 Å². The van der Waals surface area contributed by atoms with Crippen LogP contribution in [0, 0.1) is 0 Å². The second kappa shape index (κ2) is 8.99. The normalized spacial score (nSPS) is 30.6. The predicted molar refractivity (Wildman–Crippen MR) is 130 cm³/mol. The van der Waals surface area contributed by atoms with Crippen LogP contribution >= 0.6 is 0 Å². The number of amides is 1. The maximum Gasteiger partial charge on any atom is 0.237 e. The molecule has 2 atom stereocenters. The zero-order chi connectivity index (χ0) is 22.1. The van der Waals surface area contributed by atoms with Gasteiger partial charge < -0.3 is 9.80 Å². The minimum atomic E-state index is 0.111. The summed E-state index contributed by atoms with van der Waals surface area (Å²) in [7, 11) is 4.48. The molecule has 3 saturated heterocycles. The third kappa shape index (κ3) is 3.99. The highest BCUT2D eigenvalue weighted by Gasteiger charge is 2.53. The highest BCUT2D eigenvalue weighted by Crippen LogP contribution is 2.53. The fourth-order valence-electron chi connectivity index (χ4n) is 6.67. The minimum absolute atomic E-state index is 0.111. The second-order valence-electron chi connectivity index (χ2n) is 10.4. The highest BCUT2D eigenvalue weighted by molar-refractivity contribution is 5.79. The van der Waals surface area contributed by atoms with E-state index in [9.17, 15) is 4.79 Å². The van der Waals surface area contributed by atoms with Crippen LogP contribution in [0.4, 0.5) is 0 Å². The lowest BCUT2D eigenvalue weighted by Gasteiger charge is -2.51. The average molecular weight is 432 g/mol. The van der Waals surface area contributed by atoms with E-state index in [2.05, 4.69) is 89.5 Å². The topological polar surface area (TPSA) is 26.8 Å². The SMILES string of the molecule is CN(C)C12CCN(C(=O)CN3CCCC3)C([C@H](c3ccccc3)C1)[C@H](c1ccccc1)C2. The van der Waals surface area contributed by atoms with Gasteiger partial charge in [0.15, 0.2) is 0 Å². The van der Waals surface area contributed by atoms with E-state index >= 15 is 0 Å². The molecule has 32 heavy (non-hydrogen) atoms. The van der Waals surface area contributed by atoms with Crippen LogP contribution in [-0.2, 0) is 4.79 Å². The lowest BCUT2D eigenvalue weighted by atomic mass is 9.63. The van der Waals surface area contributed by atoms with Gasteiger partial charge in [-0.15, -0.1) is 0 Å². The van der Waals surface area contributed by atoms with Crippen LogP contribution in [0.2, 0.25) is 0 Å². The number of hydrogen-bond donors (Lipinski definition) is 0. The van der Waals surface area contributed by atoms with Crippen LogP contribution in [0.1, 0.15) is 55.1 Å². The molecule has 3 aliphatic heterocycles. The number of likely N-dealkylation sites (tertiary alicyclic amines) is 1. The van der Waals surface area contributed by atoms with E-state index in [4.69, 9.17) is 0 Å². The molecule has 2 aromatic rings. The summed E-state index contributed by atoms with van der Waals surface area (Å²) in [6.07, 6.45) is 5.73. The molecule has 0 unspecified atom stereocenters. The van der Waals surface area contributed by atoms with E-state index in [1.807, 2.05) is 0 Å². The van der Waals surface area contributed by atoms with Crippen molar-refractivity contribution in [3.05, 3.63) is 71.8 Å². The highest BCUT2D eigenvalue weighted by atomic mass is 16.2. The van der Waals surface area contributed by atoms with Gasteiger partial charge in [0.1, 0.15) is 0 Å². The van der Waals surface area contributed by atoms with E-state index in [0.29, 0.717) is 24.3 Å². The molecule has 0 spiro atoms. The molecule has 6 rings (SSSR count). The first-order valence-corrected chi connectivity index (χ1v) is 12.4. The Morgan fingerprint density at radius 1 is 0.875 bits per heavy atom. The number of rotatable bonds is 5. The van der Waals surface area contributed by atoms with Crippen molar-refractivity contribution < 1.29 is 4.79 Å². The summed E-state index contributed by atoms with van der Waals surface area (Å²) < 4.78 is 0. The smallest absolute Gasteiger partial charge is 0.237 e. The van der Waals surface area contributed by atoms with Crippen molar-refractivity contribution in [3.8, 4) is 0 Å². The third-order valence-corrected chi connectivity index (χ3v) is 8.48. The molecule has 0 aromatic heterocycles. The fourth-order valence-corrected chi connectivity index (χ4v) is 6.67. The van der Waals surface area contributed by atoms with Crippen LogP contribution in [-0.4, -0.2) is 72.5 Å². The van der Waals surface area contributed by atoms with Crippen molar-refractivity contribution in [2.24, 2.45) is 0 Å². The molecule has 4 fully saturated rings. The van der Waals surface area contributed by atoms with Gasteiger partial charge in [0.05, 0.1) is 6.54 Å². The van der Waals surface area contributed by atoms with E-state index in [-0.39, 0.29) is 11.6 Å². The number of hydrogen-bond acceptors (Lipinski definition) is 3. The summed E-state index contributed by atoms with van der Waals surface area (Å²) in [6.45, 7) is 3.57. The summed E-state index contributed by atoms with van der Waals surface area (Å²) >= 11 is 0. The van der Waals surface area contributed by atoms with Crippen molar-refractivity contribution in [1.29, 1.82) is 0 Å². The first-order valence-electron chi connectivity index (χ1n) is 12.4. The van der Waals surface area contributed by atoms with Crippen LogP contribution < -0.4 is 0 Å². The fraction of sp³-hybridized carbons (Fsp3) is 0.536. The summed E-state index contributed by atoms with van der Waals surface area (Å²) in [5, 5.41) is 0. The number of benzene rings is 2. The maximum absolute atomic E-state index is 13.8. The number of carbonyl (C=O) groups excluding carboxylic acids is 1. The number of nitrogens with zero attached hydrogens (tertiary/aromatic N) is 3. The van der Waals surface area contributed by atoms with E-state index in [1.54, 1.807) is 0 Å². The lowest BCUT2D eigenvalue weighted by Crippen LogP contribution is -2.54. The molecular weight excluding hydrogens is 394 g/mol. The zero-order valence-corrected chi connectivity index (χ0v) is 19.6. The molecule has 4 heteroatoms. The lowest BCUT2D eigenvalue weighted by molar-refractivity contribution is -0.135. The molecule has 1 amide bonds. The maximum atomic E-state index is 13.8. The Kier molecular flexibility index (Phi) is 6.09. The predicted octanol–water partition coefficient (Wildman–Crippen LogP) is 4.34. The first-order chi connectivity index (χ1) is 15.6. The average Bonchev–Trinajstić information content (AvgIpc) is 3.19. The van der Waals surface area contributed by atoms with Crippen molar-refractivity contribution in [1.82, 2.24) is 14.7 Å². The third-order valence-electron chi connectivity index (χ3n) is 8.48. The van der Waals surface area contributed by atoms with Crippen LogP contribution in [0.3, 0.4) is 0 Å². The molecule has 4 aliphatic rings. The summed E-state index contributed by atoms with van der Waals surface area (Å²) in [6, 6.07) is 22.2. The Labute approximate surface area is 193 Å². The van der Waals surface area contributed by atoms with Gasteiger partial charge in [-0.2, -0.15) is 0 Å². The summed E-state index contributed by atoms with van der Waals surface area (Å²) in [4.78, 5) is 20.9. The molecule has 0 radical (unpaired) electrons.